The minimum absolute atomic E-state index is 0.00307. The summed E-state index contributed by atoms with van der Waals surface area (Å²) < 4.78 is 15.8. The van der Waals surface area contributed by atoms with Crippen LogP contribution in [0.1, 0.15) is 5.56 Å². The molecule has 4 rings (SSSR count). The van der Waals surface area contributed by atoms with E-state index in [2.05, 4.69) is 9.98 Å². The number of benzene rings is 2. The molecule has 134 valence electrons. The van der Waals surface area contributed by atoms with Gasteiger partial charge < -0.3 is 18.7 Å². The summed E-state index contributed by atoms with van der Waals surface area (Å²) in [5, 5.41) is 10.6. The third kappa shape index (κ3) is 3.30. The van der Waals surface area contributed by atoms with Crippen LogP contribution in [0.15, 0.2) is 73.3 Å². The molecule has 1 N–H and O–H groups in total. The molecule has 0 aliphatic carbocycles. The zero-order chi connectivity index (χ0) is 18.8. The van der Waals surface area contributed by atoms with E-state index < -0.39 is 5.63 Å². The second-order valence-corrected chi connectivity index (χ2v) is 5.68. The molecule has 0 bridgehead atoms. The summed E-state index contributed by atoms with van der Waals surface area (Å²) in [4.78, 5) is 20.4. The minimum Gasteiger partial charge on any atom is -0.504 e. The van der Waals surface area contributed by atoms with Gasteiger partial charge in [0.05, 0.1) is 13.3 Å². The molecule has 7 heteroatoms. The predicted octanol–water partition coefficient (Wildman–Crippen LogP) is 3.91. The number of aromatic nitrogens is 1. The lowest BCUT2D eigenvalue weighted by molar-refractivity contribution is 0.373. The lowest BCUT2D eigenvalue weighted by atomic mass is 10.1. The summed E-state index contributed by atoms with van der Waals surface area (Å²) in [6, 6.07) is 13.8. The van der Waals surface area contributed by atoms with Gasteiger partial charge in [0.15, 0.2) is 17.3 Å². The van der Waals surface area contributed by atoms with E-state index in [0.717, 1.165) is 5.39 Å². The highest BCUT2D eigenvalue weighted by Crippen LogP contribution is 2.27. The molecule has 0 aliphatic heterocycles. The monoisotopic (exact) mass is 362 g/mol. The Hall–Kier alpha value is -3.87. The Morgan fingerprint density at radius 2 is 2.00 bits per heavy atom. The van der Waals surface area contributed by atoms with Crippen LogP contribution in [-0.4, -0.2) is 23.4 Å². The molecular weight excluding hydrogens is 348 g/mol. The van der Waals surface area contributed by atoms with Gasteiger partial charge in [-0.15, -0.1) is 0 Å². The lowest BCUT2D eigenvalue weighted by Crippen LogP contribution is -2.01. The van der Waals surface area contributed by atoms with E-state index in [0.29, 0.717) is 16.9 Å². The molecule has 0 fully saturated rings. The summed E-state index contributed by atoms with van der Waals surface area (Å²) in [5.41, 5.74) is 0.895. The van der Waals surface area contributed by atoms with Gasteiger partial charge in [-0.3, -0.25) is 0 Å². The molecule has 0 unspecified atom stereocenters. The maximum absolute atomic E-state index is 12.2. The molecule has 2 aromatic carbocycles. The molecule has 0 spiro atoms. The van der Waals surface area contributed by atoms with Crippen LogP contribution in [-0.2, 0) is 0 Å². The average Bonchev–Trinajstić information content (AvgIpc) is 3.14. The van der Waals surface area contributed by atoms with Crippen LogP contribution >= 0.6 is 0 Å². The van der Waals surface area contributed by atoms with Gasteiger partial charge in [0.2, 0.25) is 0 Å². The van der Waals surface area contributed by atoms with Crippen LogP contribution in [0.3, 0.4) is 0 Å². The summed E-state index contributed by atoms with van der Waals surface area (Å²) in [5.74, 6) is 0.635. The van der Waals surface area contributed by atoms with Gasteiger partial charge in [0.1, 0.15) is 11.1 Å². The van der Waals surface area contributed by atoms with Gasteiger partial charge in [-0.2, -0.15) is 4.98 Å². The summed E-state index contributed by atoms with van der Waals surface area (Å²) >= 11 is 0. The molecule has 2 aromatic heterocycles. The van der Waals surface area contributed by atoms with Crippen molar-refractivity contribution in [1.29, 1.82) is 0 Å². The van der Waals surface area contributed by atoms with Crippen molar-refractivity contribution in [3.05, 3.63) is 70.7 Å². The fraction of sp³-hybridized carbons (Fsp3) is 0.0500. The normalized spacial score (nSPS) is 11.3. The molecule has 0 amide bonds. The van der Waals surface area contributed by atoms with Crippen molar-refractivity contribution in [2.24, 2.45) is 4.99 Å². The first-order chi connectivity index (χ1) is 13.1. The van der Waals surface area contributed by atoms with Crippen molar-refractivity contribution < 1.29 is 18.7 Å². The van der Waals surface area contributed by atoms with Crippen LogP contribution < -0.4 is 10.4 Å². The van der Waals surface area contributed by atoms with Gasteiger partial charge in [0, 0.05) is 11.6 Å². The van der Waals surface area contributed by atoms with E-state index in [1.807, 2.05) is 12.1 Å². The number of methoxy groups -OCH3 is 1. The van der Waals surface area contributed by atoms with E-state index in [1.54, 1.807) is 30.3 Å². The largest absolute Gasteiger partial charge is 0.504 e. The third-order valence-corrected chi connectivity index (χ3v) is 3.93. The Kier molecular flexibility index (Phi) is 4.18. The number of aliphatic imine (C=N–C) groups is 1. The smallest absolute Gasteiger partial charge is 0.347 e. The molecule has 27 heavy (non-hydrogen) atoms. The maximum atomic E-state index is 12.2. The van der Waals surface area contributed by atoms with Crippen LogP contribution in [0.2, 0.25) is 0 Å². The maximum Gasteiger partial charge on any atom is 0.347 e. The number of phenolic OH excluding ortho intramolecular Hbond substituents is 1. The Morgan fingerprint density at radius 1 is 1.15 bits per heavy atom. The fourth-order valence-corrected chi connectivity index (χ4v) is 2.60. The minimum atomic E-state index is -0.513. The van der Waals surface area contributed by atoms with Crippen LogP contribution in [0.25, 0.3) is 22.3 Å². The SMILES string of the molecule is COc1ccc(C=Nc2ncc(-c3cc4ccccc4oc3=O)o2)cc1O. The van der Waals surface area contributed by atoms with Crippen LogP contribution in [0, 0.1) is 0 Å². The molecule has 0 aliphatic rings. The molecule has 0 saturated heterocycles. The number of aromatic hydroxyl groups is 1. The molecule has 0 saturated carbocycles. The molecular formula is C20H14N2O5. The number of nitrogens with zero attached hydrogens (tertiary/aromatic N) is 2. The first kappa shape index (κ1) is 16.6. The molecule has 0 radical (unpaired) electrons. The number of para-hydroxylation sites is 1. The predicted molar refractivity (Wildman–Crippen MR) is 99.9 cm³/mol. The first-order valence-corrected chi connectivity index (χ1v) is 8.04. The summed E-state index contributed by atoms with van der Waals surface area (Å²) in [6.45, 7) is 0. The number of hydrogen-bond acceptors (Lipinski definition) is 7. The Morgan fingerprint density at radius 3 is 2.81 bits per heavy atom. The number of rotatable bonds is 4. The standard InChI is InChI=1S/C20H14N2O5/c1-25-17-7-6-12(8-15(17)23)10-21-20-22-11-18(27-20)14-9-13-4-2-3-5-16(13)26-19(14)24/h2-11,23H,1H3. The average molecular weight is 362 g/mol. The lowest BCUT2D eigenvalue weighted by Gasteiger charge is -2.02. The van der Waals surface area contributed by atoms with E-state index in [9.17, 15) is 9.90 Å². The molecule has 2 heterocycles. The Bertz CT molecular complexity index is 1210. The summed E-state index contributed by atoms with van der Waals surface area (Å²) in [7, 11) is 1.47. The van der Waals surface area contributed by atoms with E-state index in [4.69, 9.17) is 13.6 Å². The number of hydrogen-bond donors (Lipinski definition) is 1. The van der Waals surface area contributed by atoms with Gasteiger partial charge >= 0.3 is 11.6 Å². The molecule has 4 aromatic rings. The number of oxazole rings is 1. The molecule has 0 atom stereocenters. The number of ether oxygens (including phenoxy) is 1. The zero-order valence-corrected chi connectivity index (χ0v) is 14.2. The van der Waals surface area contributed by atoms with Crippen molar-refractivity contribution in [1.82, 2.24) is 4.98 Å². The van der Waals surface area contributed by atoms with Gasteiger partial charge in [-0.1, -0.05) is 18.2 Å². The zero-order valence-electron chi connectivity index (χ0n) is 14.2. The van der Waals surface area contributed by atoms with Gasteiger partial charge in [-0.05, 0) is 35.9 Å². The highest BCUT2D eigenvalue weighted by molar-refractivity contribution is 5.83. The van der Waals surface area contributed by atoms with Crippen molar-refractivity contribution >= 4 is 23.2 Å². The van der Waals surface area contributed by atoms with Crippen LogP contribution in [0.5, 0.6) is 11.5 Å². The third-order valence-electron chi connectivity index (χ3n) is 3.93. The van der Waals surface area contributed by atoms with Crippen molar-refractivity contribution in [2.75, 3.05) is 7.11 Å². The quantitative estimate of drug-likeness (QED) is 0.436. The summed E-state index contributed by atoms with van der Waals surface area (Å²) in [6.07, 6.45) is 2.90. The highest BCUT2D eigenvalue weighted by atomic mass is 16.5. The first-order valence-electron chi connectivity index (χ1n) is 8.04. The van der Waals surface area contributed by atoms with Crippen molar-refractivity contribution in [2.45, 2.75) is 0 Å². The van der Waals surface area contributed by atoms with E-state index >= 15 is 0 Å². The van der Waals surface area contributed by atoms with E-state index in [1.165, 1.54) is 25.6 Å². The Labute approximate surface area is 153 Å². The molecule has 7 nitrogen and oxygen atoms in total. The highest BCUT2D eigenvalue weighted by Gasteiger charge is 2.12. The number of fused-ring (bicyclic) bond motifs is 1. The Balaban J connectivity index is 1.63. The van der Waals surface area contributed by atoms with Crippen molar-refractivity contribution in [3.63, 3.8) is 0 Å². The topological polar surface area (TPSA) is 98.1 Å². The second-order valence-electron chi connectivity index (χ2n) is 5.68. The number of phenols is 1. The fourth-order valence-electron chi connectivity index (χ4n) is 2.60. The van der Waals surface area contributed by atoms with Gasteiger partial charge in [-0.25, -0.2) is 9.79 Å². The van der Waals surface area contributed by atoms with E-state index in [-0.39, 0.29) is 23.1 Å². The second kappa shape index (κ2) is 6.80. The van der Waals surface area contributed by atoms with Crippen molar-refractivity contribution in [3.8, 4) is 22.8 Å². The van der Waals surface area contributed by atoms with Gasteiger partial charge in [0.25, 0.3) is 0 Å². The van der Waals surface area contributed by atoms with Crippen LogP contribution in [0.4, 0.5) is 6.01 Å².